The number of rotatable bonds is 5. The Hall–Kier alpha value is -4.32. The third kappa shape index (κ3) is 3.73. The van der Waals surface area contributed by atoms with Gasteiger partial charge < -0.3 is 21.3 Å². The summed E-state index contributed by atoms with van der Waals surface area (Å²) in [7, 11) is 0. The van der Waals surface area contributed by atoms with E-state index in [4.69, 9.17) is 16.2 Å². The molecule has 1 saturated heterocycles. The number of hydrogen-bond acceptors (Lipinski definition) is 8. The molecule has 12 heteroatoms. The van der Waals surface area contributed by atoms with Gasteiger partial charge in [-0.2, -0.15) is 5.10 Å². The Morgan fingerprint density at radius 2 is 1.97 bits per heavy atom. The Morgan fingerprint density at radius 1 is 1.21 bits per heavy atom. The van der Waals surface area contributed by atoms with Crippen LogP contribution in [0.1, 0.15) is 12.0 Å². The normalized spacial score (nSPS) is 15.6. The van der Waals surface area contributed by atoms with Crippen molar-refractivity contribution in [1.29, 1.82) is 0 Å². The molecule has 1 amide bonds. The molecule has 0 bridgehead atoms. The van der Waals surface area contributed by atoms with Gasteiger partial charge >= 0.3 is 6.09 Å². The fraction of sp³-hybridized carbons (Fsp3) is 0.227. The smallest absolute Gasteiger partial charge is 0.412 e. The number of ether oxygens (including phenoxy) is 1. The van der Waals surface area contributed by atoms with E-state index in [1.165, 1.54) is 6.07 Å². The average molecular weight is 464 g/mol. The van der Waals surface area contributed by atoms with Crippen LogP contribution in [-0.2, 0) is 11.3 Å². The molecule has 5 N–H and O–H groups in total. The molecule has 1 atom stereocenters. The van der Waals surface area contributed by atoms with Gasteiger partial charge in [0.25, 0.3) is 0 Å². The number of aromatic nitrogens is 5. The van der Waals surface area contributed by atoms with Crippen molar-refractivity contribution < 1.29 is 19.0 Å². The summed E-state index contributed by atoms with van der Waals surface area (Å²) in [6.07, 6.45) is 0.880. The second-order valence-corrected chi connectivity index (χ2v) is 7.81. The average Bonchev–Trinajstić information content (AvgIpc) is 3.46. The number of nitrogens with two attached hydrogens (primary N) is 2. The Labute approximate surface area is 192 Å². The summed E-state index contributed by atoms with van der Waals surface area (Å²) >= 11 is 0. The van der Waals surface area contributed by atoms with E-state index in [1.54, 1.807) is 41.2 Å². The number of fused-ring (bicyclic) bond motifs is 1. The van der Waals surface area contributed by atoms with E-state index in [0.717, 1.165) is 4.90 Å². The van der Waals surface area contributed by atoms with Crippen LogP contribution in [-0.4, -0.2) is 55.2 Å². The summed E-state index contributed by atoms with van der Waals surface area (Å²) in [6.45, 7) is 0.799. The number of carbonyl (C=O) groups is 1. The Bertz CT molecular complexity index is 1360. The largest absolute Gasteiger partial charge is 0.465 e. The number of halogens is 1. The minimum Gasteiger partial charge on any atom is -0.465 e. The van der Waals surface area contributed by atoms with Crippen LogP contribution >= 0.6 is 0 Å². The topological polar surface area (TPSA) is 158 Å². The van der Waals surface area contributed by atoms with Crippen molar-refractivity contribution in [2.45, 2.75) is 19.0 Å². The Balaban J connectivity index is 1.59. The first-order valence-corrected chi connectivity index (χ1v) is 10.5. The standard InChI is InChI=1S/C22H21FN8O3/c23-15-6-2-1-4-12(15)10-30-21-14(5-3-8-26-21)16(29-30)20-27-18(24)17(19(25)28-20)31(22(32)33)13-7-9-34-11-13/h1-6,8,13H,7,9-11H2,(H,32,33)(H4,24,25,27,28)/t13-/m1/s1. The molecular weight excluding hydrogens is 443 g/mol. The minimum atomic E-state index is -1.23. The predicted octanol–water partition coefficient (Wildman–Crippen LogP) is 2.51. The van der Waals surface area contributed by atoms with Crippen molar-refractivity contribution >= 4 is 34.4 Å². The van der Waals surface area contributed by atoms with Crippen molar-refractivity contribution in [1.82, 2.24) is 24.7 Å². The first-order valence-electron chi connectivity index (χ1n) is 10.5. The lowest BCUT2D eigenvalue weighted by Crippen LogP contribution is -2.41. The molecule has 0 aliphatic carbocycles. The molecule has 1 aliphatic heterocycles. The molecule has 0 radical (unpaired) electrons. The fourth-order valence-electron chi connectivity index (χ4n) is 4.08. The zero-order chi connectivity index (χ0) is 23.8. The zero-order valence-corrected chi connectivity index (χ0v) is 17.9. The van der Waals surface area contributed by atoms with Crippen molar-refractivity contribution in [3.05, 3.63) is 54.0 Å². The molecule has 1 aromatic carbocycles. The molecule has 1 aliphatic rings. The lowest BCUT2D eigenvalue weighted by molar-refractivity contribution is 0.183. The lowest BCUT2D eigenvalue weighted by Gasteiger charge is -2.26. The molecule has 11 nitrogen and oxygen atoms in total. The number of nitrogen functional groups attached to an aromatic ring is 2. The van der Waals surface area contributed by atoms with Crippen LogP contribution in [0.5, 0.6) is 0 Å². The van der Waals surface area contributed by atoms with Gasteiger partial charge in [0, 0.05) is 18.4 Å². The highest BCUT2D eigenvalue weighted by Crippen LogP contribution is 2.34. The Kier molecular flexibility index (Phi) is 5.42. The second-order valence-electron chi connectivity index (χ2n) is 7.81. The van der Waals surface area contributed by atoms with Gasteiger partial charge in [0.1, 0.15) is 17.2 Å². The third-order valence-electron chi connectivity index (χ3n) is 5.65. The number of hydrogen-bond donors (Lipinski definition) is 3. The van der Waals surface area contributed by atoms with E-state index >= 15 is 0 Å². The molecule has 0 spiro atoms. The minimum absolute atomic E-state index is 0.0139. The highest BCUT2D eigenvalue weighted by atomic mass is 19.1. The van der Waals surface area contributed by atoms with Gasteiger partial charge in [0.2, 0.25) is 0 Å². The van der Waals surface area contributed by atoms with E-state index in [2.05, 4.69) is 20.1 Å². The van der Waals surface area contributed by atoms with Gasteiger partial charge in [-0.05, 0) is 24.6 Å². The first kappa shape index (κ1) is 21.5. The molecule has 5 rings (SSSR count). The maximum absolute atomic E-state index is 14.2. The maximum Gasteiger partial charge on any atom is 0.412 e. The van der Waals surface area contributed by atoms with Crippen LogP contribution < -0.4 is 16.4 Å². The van der Waals surface area contributed by atoms with Gasteiger partial charge in [-0.3, -0.25) is 4.90 Å². The molecule has 174 valence electrons. The van der Waals surface area contributed by atoms with E-state index in [1.807, 2.05) is 0 Å². The van der Waals surface area contributed by atoms with Crippen LogP contribution in [0.25, 0.3) is 22.6 Å². The van der Waals surface area contributed by atoms with Crippen LogP contribution in [0, 0.1) is 5.82 Å². The molecule has 3 aromatic heterocycles. The number of anilines is 3. The first-order chi connectivity index (χ1) is 16.4. The lowest BCUT2D eigenvalue weighted by atomic mass is 10.2. The summed E-state index contributed by atoms with van der Waals surface area (Å²) < 4.78 is 21.1. The molecular formula is C22H21FN8O3. The van der Waals surface area contributed by atoms with Gasteiger partial charge in [0.15, 0.2) is 23.1 Å². The van der Waals surface area contributed by atoms with E-state index in [9.17, 15) is 14.3 Å². The SMILES string of the molecule is Nc1nc(-c2nn(Cc3ccccc3F)c3ncccc23)nc(N)c1N(C(=O)O)[C@@H]1CCOC1. The molecule has 34 heavy (non-hydrogen) atoms. The summed E-state index contributed by atoms with van der Waals surface area (Å²) in [5, 5.41) is 15.0. The summed E-state index contributed by atoms with van der Waals surface area (Å²) in [5.74, 6) is -0.450. The van der Waals surface area contributed by atoms with Gasteiger partial charge in [-0.1, -0.05) is 18.2 Å². The number of carboxylic acid groups (broad SMARTS) is 1. The molecule has 0 saturated carbocycles. The van der Waals surface area contributed by atoms with Crippen molar-refractivity contribution in [3.63, 3.8) is 0 Å². The van der Waals surface area contributed by atoms with Crippen LogP contribution in [0.2, 0.25) is 0 Å². The van der Waals surface area contributed by atoms with Crippen LogP contribution in [0.4, 0.5) is 26.5 Å². The summed E-state index contributed by atoms with van der Waals surface area (Å²) in [5.41, 5.74) is 13.7. The van der Waals surface area contributed by atoms with E-state index in [0.29, 0.717) is 35.3 Å². The van der Waals surface area contributed by atoms with Gasteiger partial charge in [-0.15, -0.1) is 0 Å². The van der Waals surface area contributed by atoms with Gasteiger partial charge in [0.05, 0.1) is 24.6 Å². The van der Waals surface area contributed by atoms with E-state index < -0.39 is 12.1 Å². The third-order valence-corrected chi connectivity index (χ3v) is 5.65. The van der Waals surface area contributed by atoms with Crippen molar-refractivity contribution in [2.24, 2.45) is 0 Å². The second kappa shape index (κ2) is 8.56. The molecule has 0 unspecified atom stereocenters. The summed E-state index contributed by atoms with van der Waals surface area (Å²) in [4.78, 5) is 26.1. The maximum atomic E-state index is 14.2. The zero-order valence-electron chi connectivity index (χ0n) is 17.9. The van der Waals surface area contributed by atoms with Crippen LogP contribution in [0.3, 0.4) is 0 Å². The van der Waals surface area contributed by atoms with Crippen molar-refractivity contribution in [2.75, 3.05) is 29.6 Å². The Morgan fingerprint density at radius 3 is 2.65 bits per heavy atom. The molecule has 4 heterocycles. The summed E-state index contributed by atoms with van der Waals surface area (Å²) in [6, 6.07) is 9.47. The highest BCUT2D eigenvalue weighted by molar-refractivity contribution is 5.96. The number of nitrogens with zero attached hydrogens (tertiary/aromatic N) is 6. The molecule has 4 aromatic rings. The fourth-order valence-corrected chi connectivity index (χ4v) is 4.08. The number of amides is 1. The monoisotopic (exact) mass is 464 g/mol. The number of pyridine rings is 1. The highest BCUT2D eigenvalue weighted by Gasteiger charge is 2.33. The quantitative estimate of drug-likeness (QED) is 0.403. The van der Waals surface area contributed by atoms with Crippen LogP contribution in [0.15, 0.2) is 42.6 Å². The molecule has 1 fully saturated rings. The van der Waals surface area contributed by atoms with E-state index in [-0.39, 0.29) is 42.1 Å². The predicted molar refractivity (Wildman–Crippen MR) is 123 cm³/mol. The van der Waals surface area contributed by atoms with Crippen molar-refractivity contribution in [3.8, 4) is 11.5 Å². The van der Waals surface area contributed by atoms with Gasteiger partial charge in [-0.25, -0.2) is 28.8 Å². The number of benzene rings is 1.